The van der Waals surface area contributed by atoms with Gasteiger partial charge in [0.2, 0.25) is 0 Å². The van der Waals surface area contributed by atoms with Crippen LogP contribution < -0.4 is 5.32 Å². The van der Waals surface area contributed by atoms with E-state index in [-0.39, 0.29) is 24.3 Å². The van der Waals surface area contributed by atoms with E-state index >= 15 is 0 Å². The predicted molar refractivity (Wildman–Crippen MR) is 139 cm³/mol. The molecule has 35 heavy (non-hydrogen) atoms. The molecule has 0 radical (unpaired) electrons. The van der Waals surface area contributed by atoms with Crippen LogP contribution in [0.1, 0.15) is 53.6 Å². The summed E-state index contributed by atoms with van der Waals surface area (Å²) in [6.45, 7) is 0.118. The average Bonchev–Trinajstić information content (AvgIpc) is 3.48. The van der Waals surface area contributed by atoms with Crippen molar-refractivity contribution in [3.05, 3.63) is 93.5 Å². The minimum Gasteiger partial charge on any atom is -0.481 e. The van der Waals surface area contributed by atoms with Crippen LogP contribution in [0.4, 0.5) is 0 Å². The summed E-state index contributed by atoms with van der Waals surface area (Å²) in [5, 5.41) is 12.8. The molecule has 2 N–H and O–H groups in total. The number of nitrogens with one attached hydrogen (secondary N) is 1. The second-order valence-electron chi connectivity index (χ2n) is 9.73. The van der Waals surface area contributed by atoms with E-state index in [9.17, 15) is 9.59 Å². The standard InChI is InChI=1S/C29H27Cl2NO3/c30-24-11-12-26(31)25(16-24)19-2-7-21(8-3-19)29(17-18-1-6-23(29)15-18)22-9-4-20(5-10-22)28(35)32-14-13-27(33)34/h2-5,7-12,16,18,23H,1,6,13-15,17H2,(H,32,35)(H,33,34). The molecular formula is C29H27Cl2NO3. The summed E-state index contributed by atoms with van der Waals surface area (Å²) in [4.78, 5) is 23.1. The van der Waals surface area contributed by atoms with Crippen LogP contribution in [0.2, 0.25) is 10.0 Å². The highest BCUT2D eigenvalue weighted by molar-refractivity contribution is 6.35. The molecule has 2 aliphatic carbocycles. The van der Waals surface area contributed by atoms with Gasteiger partial charge in [0.15, 0.2) is 0 Å². The number of fused-ring (bicyclic) bond motifs is 2. The largest absolute Gasteiger partial charge is 0.481 e. The van der Waals surface area contributed by atoms with Crippen LogP contribution >= 0.6 is 23.2 Å². The number of hydrogen-bond acceptors (Lipinski definition) is 2. The molecule has 3 unspecified atom stereocenters. The van der Waals surface area contributed by atoms with Crippen LogP contribution in [0.5, 0.6) is 0 Å². The van der Waals surface area contributed by atoms with E-state index in [4.69, 9.17) is 28.3 Å². The summed E-state index contributed by atoms with van der Waals surface area (Å²) >= 11 is 12.6. The first-order valence-corrected chi connectivity index (χ1v) is 12.8. The summed E-state index contributed by atoms with van der Waals surface area (Å²) in [7, 11) is 0. The van der Waals surface area contributed by atoms with Crippen LogP contribution in [0.3, 0.4) is 0 Å². The van der Waals surface area contributed by atoms with Gasteiger partial charge in [-0.15, -0.1) is 0 Å². The lowest BCUT2D eigenvalue weighted by atomic mass is 9.64. The van der Waals surface area contributed by atoms with Crippen molar-refractivity contribution in [3.63, 3.8) is 0 Å². The first-order chi connectivity index (χ1) is 16.9. The summed E-state index contributed by atoms with van der Waals surface area (Å²) in [6.07, 6.45) is 4.75. The minimum atomic E-state index is -0.928. The first-order valence-electron chi connectivity index (χ1n) is 12.0. The summed E-state index contributed by atoms with van der Waals surface area (Å²) < 4.78 is 0. The molecule has 3 atom stereocenters. The Hall–Kier alpha value is -2.82. The maximum atomic E-state index is 12.4. The Kier molecular flexibility index (Phi) is 6.61. The molecule has 0 aromatic heterocycles. The Morgan fingerprint density at radius 1 is 0.943 bits per heavy atom. The minimum absolute atomic E-state index is 0.0715. The van der Waals surface area contributed by atoms with Gasteiger partial charge in [-0.25, -0.2) is 0 Å². The zero-order chi connectivity index (χ0) is 24.6. The highest BCUT2D eigenvalue weighted by Crippen LogP contribution is 2.60. The van der Waals surface area contributed by atoms with Gasteiger partial charge >= 0.3 is 5.97 Å². The molecule has 0 spiro atoms. The van der Waals surface area contributed by atoms with Gasteiger partial charge in [-0.1, -0.05) is 66.0 Å². The smallest absolute Gasteiger partial charge is 0.305 e. The number of aliphatic carboxylic acids is 1. The molecule has 2 bridgehead atoms. The van der Waals surface area contributed by atoms with Crippen LogP contribution in [-0.2, 0) is 10.2 Å². The van der Waals surface area contributed by atoms with Crippen molar-refractivity contribution < 1.29 is 14.7 Å². The van der Waals surface area contributed by atoms with Gasteiger partial charge in [0, 0.05) is 33.1 Å². The molecule has 1 amide bonds. The van der Waals surface area contributed by atoms with E-state index in [1.807, 2.05) is 24.3 Å². The van der Waals surface area contributed by atoms with Crippen LogP contribution in [0, 0.1) is 11.8 Å². The monoisotopic (exact) mass is 507 g/mol. The molecule has 0 aliphatic heterocycles. The summed E-state index contributed by atoms with van der Waals surface area (Å²) in [5.74, 6) is 0.120. The number of hydrogen-bond donors (Lipinski definition) is 2. The van der Waals surface area contributed by atoms with Gasteiger partial charge in [0.05, 0.1) is 6.42 Å². The predicted octanol–water partition coefficient (Wildman–Crippen LogP) is 6.97. The van der Waals surface area contributed by atoms with Crippen molar-refractivity contribution in [1.82, 2.24) is 5.32 Å². The lowest BCUT2D eigenvalue weighted by Crippen LogP contribution is -2.34. The lowest BCUT2D eigenvalue weighted by Gasteiger charge is -2.39. The SMILES string of the molecule is O=C(O)CCNC(=O)c1ccc(C2(c3ccc(-c4cc(Cl)ccc4Cl)cc3)CC3CCC2C3)cc1. The molecule has 3 aromatic rings. The Balaban J connectivity index is 1.45. The van der Waals surface area contributed by atoms with E-state index in [2.05, 4.69) is 41.7 Å². The third-order valence-electron chi connectivity index (χ3n) is 7.77. The zero-order valence-electron chi connectivity index (χ0n) is 19.3. The van der Waals surface area contributed by atoms with Crippen LogP contribution in [0.15, 0.2) is 66.7 Å². The second kappa shape index (κ2) is 9.67. The topological polar surface area (TPSA) is 66.4 Å². The van der Waals surface area contributed by atoms with Gasteiger partial charge in [-0.05, 0) is 78.1 Å². The molecule has 0 heterocycles. The third kappa shape index (κ3) is 4.57. The molecule has 5 rings (SSSR count). The third-order valence-corrected chi connectivity index (χ3v) is 8.34. The van der Waals surface area contributed by atoms with Crippen molar-refractivity contribution in [2.24, 2.45) is 11.8 Å². The molecule has 0 saturated heterocycles. The van der Waals surface area contributed by atoms with Gasteiger partial charge in [-0.2, -0.15) is 0 Å². The lowest BCUT2D eigenvalue weighted by molar-refractivity contribution is -0.136. The Morgan fingerprint density at radius 3 is 2.23 bits per heavy atom. The highest BCUT2D eigenvalue weighted by atomic mass is 35.5. The summed E-state index contributed by atoms with van der Waals surface area (Å²) in [5.41, 5.74) is 4.96. The Bertz CT molecular complexity index is 1260. The number of halogens is 2. The van der Waals surface area contributed by atoms with Crippen molar-refractivity contribution >= 4 is 35.1 Å². The number of amides is 1. The Morgan fingerprint density at radius 2 is 1.63 bits per heavy atom. The van der Waals surface area contributed by atoms with Gasteiger partial charge in [-0.3, -0.25) is 9.59 Å². The Labute approximate surface area is 215 Å². The fourth-order valence-corrected chi connectivity index (χ4v) is 6.57. The number of benzene rings is 3. The quantitative estimate of drug-likeness (QED) is 0.362. The van der Waals surface area contributed by atoms with Crippen molar-refractivity contribution in [2.75, 3.05) is 6.54 Å². The highest BCUT2D eigenvalue weighted by Gasteiger charge is 2.52. The van der Waals surface area contributed by atoms with E-state index in [1.165, 1.54) is 30.4 Å². The molecule has 2 saturated carbocycles. The molecule has 2 aliphatic rings. The first kappa shape index (κ1) is 23.9. The van der Waals surface area contributed by atoms with Gasteiger partial charge in [0.1, 0.15) is 0 Å². The van der Waals surface area contributed by atoms with E-state index in [1.54, 1.807) is 6.07 Å². The van der Waals surface area contributed by atoms with Crippen LogP contribution in [0.25, 0.3) is 11.1 Å². The van der Waals surface area contributed by atoms with Crippen molar-refractivity contribution in [1.29, 1.82) is 0 Å². The number of carbonyl (C=O) groups excluding carboxylic acids is 1. The van der Waals surface area contributed by atoms with Crippen molar-refractivity contribution in [3.8, 4) is 11.1 Å². The fourth-order valence-electron chi connectivity index (χ4n) is 6.17. The average molecular weight is 508 g/mol. The van der Waals surface area contributed by atoms with Crippen LogP contribution in [-0.4, -0.2) is 23.5 Å². The maximum absolute atomic E-state index is 12.4. The number of carboxylic acids is 1. The molecule has 4 nitrogen and oxygen atoms in total. The normalized spacial score (nSPS) is 22.8. The second-order valence-corrected chi connectivity index (χ2v) is 10.6. The van der Waals surface area contributed by atoms with Gasteiger partial charge < -0.3 is 10.4 Å². The number of rotatable bonds is 7. The zero-order valence-corrected chi connectivity index (χ0v) is 20.8. The number of carbonyl (C=O) groups is 2. The molecule has 180 valence electrons. The van der Waals surface area contributed by atoms with E-state index < -0.39 is 5.97 Å². The molecule has 3 aromatic carbocycles. The molecule has 2 fully saturated rings. The van der Waals surface area contributed by atoms with Gasteiger partial charge in [0.25, 0.3) is 5.91 Å². The molecular weight excluding hydrogens is 481 g/mol. The van der Waals surface area contributed by atoms with E-state index in [0.717, 1.165) is 23.5 Å². The van der Waals surface area contributed by atoms with E-state index in [0.29, 0.717) is 21.5 Å². The molecule has 6 heteroatoms. The summed E-state index contributed by atoms with van der Waals surface area (Å²) in [6, 6.07) is 22.1. The fraction of sp³-hybridized carbons (Fsp3) is 0.310. The number of carboxylic acid groups (broad SMARTS) is 1. The maximum Gasteiger partial charge on any atom is 0.305 e. The van der Waals surface area contributed by atoms with Crippen molar-refractivity contribution in [2.45, 2.75) is 37.5 Å².